The Bertz CT molecular complexity index is 1510. The molecule has 84 heavy (non-hydrogen) atoms. The van der Waals surface area contributed by atoms with Gasteiger partial charge in [0.05, 0.1) is 39.9 Å². The largest absolute Gasteiger partial charge is 0.472 e. The second-order valence-corrected chi connectivity index (χ2v) is 28.1. The zero-order valence-electron chi connectivity index (χ0n) is 56.9. The first-order valence-corrected chi connectivity index (χ1v) is 38.5. The molecule has 0 saturated carbocycles. The molecule has 0 aromatic heterocycles. The highest BCUT2D eigenvalue weighted by atomic mass is 31.2. The molecule has 0 rings (SSSR count). The van der Waals surface area contributed by atoms with Gasteiger partial charge in [-0.15, -0.1) is 0 Å². The molecular weight excluding hydrogens is 1060 g/mol. The van der Waals surface area contributed by atoms with Crippen LogP contribution < -0.4 is 5.32 Å². The predicted molar refractivity (Wildman–Crippen MR) is 369 cm³/mol. The quantitative estimate of drug-likeness (QED) is 0.0243. The maximum atomic E-state index is 13.1. The molecular formula is C75H146N2O6P+. The molecule has 1 amide bonds. The first-order chi connectivity index (χ1) is 41.0. The Hall–Kier alpha value is -1.54. The van der Waals surface area contributed by atoms with Crippen molar-refractivity contribution in [3.8, 4) is 0 Å². The Morgan fingerprint density at radius 2 is 0.690 bits per heavy atom. The van der Waals surface area contributed by atoms with Gasteiger partial charge in [0.15, 0.2) is 0 Å². The first kappa shape index (κ1) is 82.5. The molecule has 0 aromatic rings. The third kappa shape index (κ3) is 68.0. The second kappa shape index (κ2) is 65.9. The Balaban J connectivity index is 3.99. The van der Waals surface area contributed by atoms with Crippen LogP contribution in [-0.4, -0.2) is 73.4 Å². The molecule has 3 N–H and O–H groups in total. The molecule has 0 aromatic carbocycles. The number of carbonyl (C=O) groups is 1. The fourth-order valence-corrected chi connectivity index (χ4v) is 12.0. The van der Waals surface area contributed by atoms with Crippen LogP contribution in [0.1, 0.15) is 373 Å². The fourth-order valence-electron chi connectivity index (χ4n) is 11.3. The minimum absolute atomic E-state index is 0.0569. The van der Waals surface area contributed by atoms with Crippen molar-refractivity contribution in [3.63, 3.8) is 0 Å². The highest BCUT2D eigenvalue weighted by Gasteiger charge is 2.28. The number of allylic oxidation sites excluding steroid dienone is 7. The fraction of sp³-hybridized carbons (Fsp3) is 0.880. The van der Waals surface area contributed by atoms with Gasteiger partial charge >= 0.3 is 7.82 Å². The van der Waals surface area contributed by atoms with E-state index in [9.17, 15) is 19.4 Å². The molecule has 0 spiro atoms. The number of hydrogen-bond donors (Lipinski definition) is 3. The normalized spacial score (nSPS) is 13.8. The molecule has 0 heterocycles. The van der Waals surface area contributed by atoms with Gasteiger partial charge in [-0.2, -0.15) is 0 Å². The summed E-state index contributed by atoms with van der Waals surface area (Å²) in [5.41, 5.74) is 0. The smallest absolute Gasteiger partial charge is 0.387 e. The van der Waals surface area contributed by atoms with Crippen molar-refractivity contribution in [1.82, 2.24) is 5.32 Å². The molecule has 0 fully saturated rings. The number of likely N-dealkylation sites (N-methyl/N-ethyl adjacent to an activating group) is 1. The van der Waals surface area contributed by atoms with Crippen LogP contribution in [0.3, 0.4) is 0 Å². The topological polar surface area (TPSA) is 105 Å². The van der Waals surface area contributed by atoms with E-state index < -0.39 is 20.0 Å². The van der Waals surface area contributed by atoms with Gasteiger partial charge in [-0.05, 0) is 64.2 Å². The molecule has 3 unspecified atom stereocenters. The predicted octanol–water partition coefficient (Wildman–Crippen LogP) is 23.8. The SMILES string of the molecule is CCCCCCCCCCCCCCCCC/C=C\C/C=C\CCCCCCCCCCCCCCCCCCCC(=O)NC(COP(=O)(O)OCC[N+](C)(C)C)C(O)/C=C/CC/C=C/CCCCCCCCCCCCCCCCCCC. The minimum atomic E-state index is -4.36. The maximum absolute atomic E-state index is 13.1. The van der Waals surface area contributed by atoms with E-state index in [1.54, 1.807) is 6.08 Å². The molecule has 9 heteroatoms. The summed E-state index contributed by atoms with van der Waals surface area (Å²) in [5.74, 6) is -0.181. The number of hydrogen-bond acceptors (Lipinski definition) is 5. The van der Waals surface area contributed by atoms with Crippen LogP contribution in [0.5, 0.6) is 0 Å². The lowest BCUT2D eigenvalue weighted by molar-refractivity contribution is -0.870. The Kier molecular flexibility index (Phi) is 64.7. The standard InChI is InChI=1S/C75H145N2O6P/c1-6-8-10-12-14-16-18-20-22-24-26-28-30-31-32-33-34-35-36-37-38-39-40-41-42-43-44-45-47-49-51-53-55-57-59-61-63-65-67-69-75(79)76-73(72-83-84(80,81)82-71-70-77(3,4)5)74(78)68-66-64-62-60-58-56-54-52-50-48-46-29-27-25-23-21-19-17-15-13-11-9-7-2/h34-35,37-38,58,60,66,68,73-74,78H,6-33,36,39-57,59,61-65,67,69-72H2,1-5H3,(H-,76,79,80,81)/p+1/b35-34-,38-37-,60-58+,68-66+. The average Bonchev–Trinajstić information content (AvgIpc) is 3.56. The summed E-state index contributed by atoms with van der Waals surface area (Å²) in [7, 11) is 1.57. The summed E-state index contributed by atoms with van der Waals surface area (Å²) in [6, 6.07) is -0.865. The van der Waals surface area contributed by atoms with Crippen molar-refractivity contribution in [2.45, 2.75) is 386 Å². The number of quaternary nitrogens is 1. The number of aliphatic hydroxyl groups is 1. The number of carbonyl (C=O) groups excluding carboxylic acids is 1. The van der Waals surface area contributed by atoms with Crippen LogP contribution in [0.2, 0.25) is 0 Å². The number of amides is 1. The molecule has 0 bridgehead atoms. The van der Waals surface area contributed by atoms with E-state index in [2.05, 4.69) is 55.6 Å². The van der Waals surface area contributed by atoms with E-state index in [1.165, 1.54) is 308 Å². The number of nitrogens with zero attached hydrogens (tertiary/aromatic N) is 1. The van der Waals surface area contributed by atoms with Gasteiger partial charge < -0.3 is 19.8 Å². The molecule has 0 aliphatic heterocycles. The van der Waals surface area contributed by atoms with Crippen LogP contribution >= 0.6 is 7.82 Å². The van der Waals surface area contributed by atoms with Gasteiger partial charge in [0.25, 0.3) is 0 Å². The van der Waals surface area contributed by atoms with E-state index in [-0.39, 0.29) is 19.1 Å². The Morgan fingerprint density at radius 1 is 0.405 bits per heavy atom. The molecule has 3 atom stereocenters. The number of unbranched alkanes of at least 4 members (excludes halogenated alkanes) is 50. The van der Waals surface area contributed by atoms with Crippen LogP contribution in [0.15, 0.2) is 48.6 Å². The van der Waals surface area contributed by atoms with Crippen molar-refractivity contribution in [2.24, 2.45) is 0 Å². The summed E-state index contributed by atoms with van der Waals surface area (Å²) in [6.07, 6.45) is 90.0. The van der Waals surface area contributed by atoms with Gasteiger partial charge in [0, 0.05) is 6.42 Å². The van der Waals surface area contributed by atoms with Gasteiger partial charge in [-0.25, -0.2) is 4.57 Å². The van der Waals surface area contributed by atoms with Gasteiger partial charge in [-0.1, -0.05) is 351 Å². The van der Waals surface area contributed by atoms with E-state index in [0.29, 0.717) is 17.4 Å². The number of aliphatic hydroxyl groups excluding tert-OH is 1. The molecule has 0 saturated heterocycles. The van der Waals surface area contributed by atoms with Crippen LogP contribution in [0.4, 0.5) is 0 Å². The lowest BCUT2D eigenvalue weighted by Gasteiger charge is -2.25. The van der Waals surface area contributed by atoms with Gasteiger partial charge in [0.1, 0.15) is 13.2 Å². The summed E-state index contributed by atoms with van der Waals surface area (Å²) < 4.78 is 23.8. The van der Waals surface area contributed by atoms with Crippen molar-refractivity contribution >= 4 is 13.7 Å². The van der Waals surface area contributed by atoms with Crippen LogP contribution in [0, 0.1) is 0 Å². The highest BCUT2D eigenvalue weighted by Crippen LogP contribution is 2.43. The molecule has 0 aliphatic carbocycles. The average molecular weight is 1200 g/mol. The van der Waals surface area contributed by atoms with Crippen LogP contribution in [0.25, 0.3) is 0 Å². The van der Waals surface area contributed by atoms with E-state index in [0.717, 1.165) is 44.9 Å². The first-order valence-electron chi connectivity index (χ1n) is 37.0. The molecule has 496 valence electrons. The van der Waals surface area contributed by atoms with E-state index >= 15 is 0 Å². The number of phosphoric acid groups is 1. The molecule has 0 aliphatic rings. The van der Waals surface area contributed by atoms with Crippen molar-refractivity contribution in [3.05, 3.63) is 48.6 Å². The molecule has 0 radical (unpaired) electrons. The summed E-state index contributed by atoms with van der Waals surface area (Å²) in [4.78, 5) is 23.4. The van der Waals surface area contributed by atoms with Crippen molar-refractivity contribution in [2.75, 3.05) is 40.9 Å². The highest BCUT2D eigenvalue weighted by molar-refractivity contribution is 7.47. The summed E-state index contributed by atoms with van der Waals surface area (Å²) in [6.45, 7) is 4.85. The zero-order valence-corrected chi connectivity index (χ0v) is 57.8. The van der Waals surface area contributed by atoms with Gasteiger partial charge in [0.2, 0.25) is 5.91 Å². The van der Waals surface area contributed by atoms with Gasteiger partial charge in [-0.3, -0.25) is 13.8 Å². The number of phosphoric ester groups is 1. The molecule has 8 nitrogen and oxygen atoms in total. The number of nitrogens with one attached hydrogen (secondary N) is 1. The van der Waals surface area contributed by atoms with E-state index in [4.69, 9.17) is 9.05 Å². The second-order valence-electron chi connectivity index (χ2n) is 26.7. The Labute approximate surface area is 524 Å². The third-order valence-electron chi connectivity index (χ3n) is 17.0. The lowest BCUT2D eigenvalue weighted by atomic mass is 10.0. The summed E-state index contributed by atoms with van der Waals surface area (Å²) in [5, 5.41) is 14.0. The van der Waals surface area contributed by atoms with Crippen molar-refractivity contribution in [1.29, 1.82) is 0 Å². The zero-order chi connectivity index (χ0) is 61.2. The maximum Gasteiger partial charge on any atom is 0.472 e. The monoisotopic (exact) mass is 1200 g/mol. The lowest BCUT2D eigenvalue weighted by Crippen LogP contribution is -2.45. The van der Waals surface area contributed by atoms with E-state index in [1.807, 2.05) is 27.2 Å². The summed E-state index contributed by atoms with van der Waals surface area (Å²) >= 11 is 0. The third-order valence-corrected chi connectivity index (χ3v) is 18.0. The Morgan fingerprint density at radius 3 is 1.02 bits per heavy atom. The van der Waals surface area contributed by atoms with Crippen LogP contribution in [-0.2, 0) is 18.4 Å². The van der Waals surface area contributed by atoms with Crippen molar-refractivity contribution < 1.29 is 32.9 Å². The minimum Gasteiger partial charge on any atom is -0.387 e. The number of rotatable bonds is 69.